The summed E-state index contributed by atoms with van der Waals surface area (Å²) in [6.07, 6.45) is 1.94. The molecule has 0 aliphatic rings. The van der Waals surface area contributed by atoms with Gasteiger partial charge in [0.2, 0.25) is 0 Å². The summed E-state index contributed by atoms with van der Waals surface area (Å²) in [6.45, 7) is 6.12. The van der Waals surface area contributed by atoms with Gasteiger partial charge in [-0.2, -0.15) is 0 Å². The van der Waals surface area contributed by atoms with E-state index in [1.54, 1.807) is 0 Å². The molecule has 0 heterocycles. The number of carbonyl (C=O) groups excluding carboxylic acids is 1. The molecular weight excluding hydrogens is 176 g/mol. The fourth-order valence-corrected chi connectivity index (χ4v) is 0.0833. The average Bonchev–Trinajstić information content (AvgIpc) is 2.20. The maximum atomic E-state index is 9.84. The lowest BCUT2D eigenvalue weighted by molar-refractivity contribution is -0.135. The second-order valence-corrected chi connectivity index (χ2v) is 1.27. The Bertz CT molecular complexity index is 162. The second kappa shape index (κ2) is 16.8. The molecule has 0 spiro atoms. The molecule has 0 aliphatic heterocycles. The first-order chi connectivity index (χ1) is 6.08. The van der Waals surface area contributed by atoms with Gasteiger partial charge in [0.1, 0.15) is 0 Å². The average molecular weight is 190 g/mol. The molecule has 5 heteroatoms. The van der Waals surface area contributed by atoms with Gasteiger partial charge in [-0.15, -0.1) is 0 Å². The number of carboxylic acid groups (broad SMARTS) is 1. The topological polar surface area (TPSA) is 83.8 Å². The van der Waals surface area contributed by atoms with Crippen molar-refractivity contribution in [2.45, 2.75) is 0 Å². The summed E-state index contributed by atoms with van der Waals surface area (Å²) in [7, 11) is 2.31. The van der Waals surface area contributed by atoms with E-state index in [1.807, 2.05) is 0 Å². The lowest BCUT2D eigenvalue weighted by atomic mass is 10.7. The number of ether oxygens (including phenoxy) is 1. The zero-order valence-electron chi connectivity index (χ0n) is 7.69. The highest BCUT2D eigenvalue weighted by molar-refractivity contribution is 5.80. The van der Waals surface area contributed by atoms with Crippen LogP contribution in [-0.4, -0.2) is 36.4 Å². The lowest BCUT2D eigenvalue weighted by Gasteiger charge is -1.83. The Kier molecular flexibility index (Phi) is 22.5. The SMILES string of the molecule is C=CC(=O)O.C=CC(=O)OC.CO. The van der Waals surface area contributed by atoms with Crippen LogP contribution in [0.25, 0.3) is 0 Å². The maximum absolute atomic E-state index is 9.84. The smallest absolute Gasteiger partial charge is 0.329 e. The molecule has 0 aromatic rings. The van der Waals surface area contributed by atoms with Gasteiger partial charge >= 0.3 is 11.9 Å². The number of hydrogen-bond donors (Lipinski definition) is 2. The highest BCUT2D eigenvalue weighted by atomic mass is 16.5. The highest BCUT2D eigenvalue weighted by Gasteiger charge is 1.81. The molecule has 0 atom stereocenters. The summed E-state index contributed by atoms with van der Waals surface area (Å²) in [4.78, 5) is 19.1. The number of hydrogen-bond acceptors (Lipinski definition) is 4. The van der Waals surface area contributed by atoms with E-state index in [0.717, 1.165) is 19.3 Å². The standard InChI is InChI=1S/C4H6O2.C3H4O2.CH4O/c1-3-4(5)6-2;1-2-3(4)5;1-2/h3H,1H2,2H3;2H,1H2,(H,4,5);2H,1H3. The molecule has 2 N–H and O–H groups in total. The normalized spacial score (nSPS) is 6.08. The number of esters is 1. The van der Waals surface area contributed by atoms with Gasteiger partial charge in [-0.3, -0.25) is 0 Å². The Hall–Kier alpha value is -1.62. The first kappa shape index (κ1) is 17.5. The van der Waals surface area contributed by atoms with E-state index in [4.69, 9.17) is 10.2 Å². The quantitative estimate of drug-likeness (QED) is 0.480. The van der Waals surface area contributed by atoms with Crippen molar-refractivity contribution in [1.29, 1.82) is 0 Å². The van der Waals surface area contributed by atoms with Crippen LogP contribution in [0.5, 0.6) is 0 Å². The molecule has 0 aliphatic carbocycles. The molecule has 0 saturated heterocycles. The number of carbonyl (C=O) groups is 2. The van der Waals surface area contributed by atoms with E-state index in [-0.39, 0.29) is 0 Å². The van der Waals surface area contributed by atoms with Crippen molar-refractivity contribution in [1.82, 2.24) is 0 Å². The van der Waals surface area contributed by atoms with Crippen molar-refractivity contribution in [2.24, 2.45) is 0 Å². The van der Waals surface area contributed by atoms with Crippen LogP contribution in [0.15, 0.2) is 25.3 Å². The Morgan fingerprint density at radius 3 is 1.54 bits per heavy atom. The van der Waals surface area contributed by atoms with Crippen molar-refractivity contribution in [3.8, 4) is 0 Å². The number of aliphatic hydroxyl groups excluding tert-OH is 1. The minimum absolute atomic E-state index is 0.394. The molecule has 5 nitrogen and oxygen atoms in total. The first-order valence-corrected chi connectivity index (χ1v) is 3.09. The minimum Gasteiger partial charge on any atom is -0.478 e. The largest absolute Gasteiger partial charge is 0.478 e. The third-order valence-electron chi connectivity index (χ3n) is 0.542. The van der Waals surface area contributed by atoms with Crippen LogP contribution in [0, 0.1) is 0 Å². The summed E-state index contributed by atoms with van der Waals surface area (Å²) in [5, 5.41) is 14.6. The lowest BCUT2D eigenvalue weighted by Crippen LogP contribution is -1.91. The summed E-state index contributed by atoms with van der Waals surface area (Å²) in [6, 6.07) is 0. The molecule has 0 rings (SSSR count). The van der Waals surface area contributed by atoms with E-state index in [9.17, 15) is 9.59 Å². The summed E-state index contributed by atoms with van der Waals surface area (Å²) in [5.74, 6) is -1.37. The van der Waals surface area contributed by atoms with Gasteiger partial charge in [0.15, 0.2) is 0 Å². The van der Waals surface area contributed by atoms with E-state index in [1.165, 1.54) is 7.11 Å². The molecule has 0 fully saturated rings. The minimum atomic E-state index is -0.981. The zero-order chi connectivity index (χ0) is 11.3. The number of methoxy groups -OCH3 is 1. The molecule has 0 unspecified atom stereocenters. The molecule has 0 amide bonds. The molecular formula is C8H14O5. The third-order valence-corrected chi connectivity index (χ3v) is 0.542. The van der Waals surface area contributed by atoms with Gasteiger partial charge < -0.3 is 14.9 Å². The van der Waals surface area contributed by atoms with Crippen LogP contribution in [0.1, 0.15) is 0 Å². The highest BCUT2D eigenvalue weighted by Crippen LogP contribution is 1.67. The molecule has 0 aromatic heterocycles. The van der Waals surface area contributed by atoms with E-state index < -0.39 is 11.9 Å². The number of aliphatic hydroxyl groups is 1. The predicted octanol–water partition coefficient (Wildman–Crippen LogP) is 0.211. The van der Waals surface area contributed by atoms with Gasteiger partial charge in [0, 0.05) is 19.3 Å². The van der Waals surface area contributed by atoms with Crippen molar-refractivity contribution in [2.75, 3.05) is 14.2 Å². The molecule has 0 saturated carbocycles. The maximum Gasteiger partial charge on any atom is 0.329 e. The van der Waals surface area contributed by atoms with Crippen molar-refractivity contribution >= 4 is 11.9 Å². The van der Waals surface area contributed by atoms with Crippen molar-refractivity contribution < 1.29 is 24.5 Å². The fourth-order valence-electron chi connectivity index (χ4n) is 0.0833. The summed E-state index contributed by atoms with van der Waals surface area (Å²) < 4.78 is 4.14. The van der Waals surface area contributed by atoms with E-state index >= 15 is 0 Å². The molecule has 0 radical (unpaired) electrons. The van der Waals surface area contributed by atoms with Crippen LogP contribution in [-0.2, 0) is 14.3 Å². The third kappa shape index (κ3) is 38.0. The Balaban J connectivity index is -0.000000131. The van der Waals surface area contributed by atoms with Crippen LogP contribution in [0.2, 0.25) is 0 Å². The van der Waals surface area contributed by atoms with Crippen LogP contribution in [0.3, 0.4) is 0 Å². The van der Waals surface area contributed by atoms with E-state index in [0.29, 0.717) is 0 Å². The van der Waals surface area contributed by atoms with Gasteiger partial charge in [-0.25, -0.2) is 9.59 Å². The monoisotopic (exact) mass is 190 g/mol. The first-order valence-electron chi connectivity index (χ1n) is 3.09. The molecule has 0 aromatic carbocycles. The zero-order valence-corrected chi connectivity index (χ0v) is 7.69. The van der Waals surface area contributed by atoms with Crippen LogP contribution >= 0.6 is 0 Å². The van der Waals surface area contributed by atoms with Crippen LogP contribution < -0.4 is 0 Å². The van der Waals surface area contributed by atoms with Gasteiger partial charge in [0.05, 0.1) is 7.11 Å². The van der Waals surface area contributed by atoms with E-state index in [2.05, 4.69) is 17.9 Å². The Labute approximate surface area is 77.0 Å². The number of rotatable bonds is 2. The van der Waals surface area contributed by atoms with Gasteiger partial charge in [-0.05, 0) is 0 Å². The summed E-state index contributed by atoms with van der Waals surface area (Å²) >= 11 is 0. The molecule has 76 valence electrons. The van der Waals surface area contributed by atoms with Crippen molar-refractivity contribution in [3.63, 3.8) is 0 Å². The van der Waals surface area contributed by atoms with Crippen molar-refractivity contribution in [3.05, 3.63) is 25.3 Å². The summed E-state index contributed by atoms with van der Waals surface area (Å²) in [5.41, 5.74) is 0. The Morgan fingerprint density at radius 1 is 1.23 bits per heavy atom. The van der Waals surface area contributed by atoms with Gasteiger partial charge in [-0.1, -0.05) is 13.2 Å². The second-order valence-electron chi connectivity index (χ2n) is 1.27. The van der Waals surface area contributed by atoms with Crippen LogP contribution in [0.4, 0.5) is 0 Å². The number of carboxylic acids is 1. The van der Waals surface area contributed by atoms with Gasteiger partial charge in [0.25, 0.3) is 0 Å². The molecule has 0 bridgehead atoms. The number of aliphatic carboxylic acids is 1. The predicted molar refractivity (Wildman–Crippen MR) is 48.2 cm³/mol. The molecule has 13 heavy (non-hydrogen) atoms. The fraction of sp³-hybridized carbons (Fsp3) is 0.250. The Morgan fingerprint density at radius 2 is 1.54 bits per heavy atom.